The highest BCUT2D eigenvalue weighted by atomic mass is 35.5. The van der Waals surface area contributed by atoms with E-state index in [1.165, 1.54) is 6.42 Å². The molecule has 4 nitrogen and oxygen atoms in total. The molecule has 0 aliphatic carbocycles. The maximum atomic E-state index is 6.19. The van der Waals surface area contributed by atoms with Crippen LogP contribution in [-0.4, -0.2) is 34.0 Å². The highest BCUT2D eigenvalue weighted by Gasteiger charge is 2.14. The van der Waals surface area contributed by atoms with E-state index in [9.17, 15) is 0 Å². The van der Waals surface area contributed by atoms with Crippen LogP contribution in [0.5, 0.6) is 11.5 Å². The molecular formula is C15H22ClNO3. The Morgan fingerprint density at radius 1 is 1.35 bits per heavy atom. The van der Waals surface area contributed by atoms with Gasteiger partial charge in [0.15, 0.2) is 11.5 Å². The molecule has 112 valence electrons. The SMILES string of the molecule is COc1cc(CNCC2CCCOC2)cc(Cl)c1OC. The van der Waals surface area contributed by atoms with Crippen molar-refractivity contribution in [1.82, 2.24) is 5.32 Å². The second-order valence-corrected chi connectivity index (χ2v) is 5.43. The fourth-order valence-electron chi connectivity index (χ4n) is 2.46. The van der Waals surface area contributed by atoms with Crippen LogP contribution in [-0.2, 0) is 11.3 Å². The van der Waals surface area contributed by atoms with Gasteiger partial charge in [0.05, 0.1) is 25.8 Å². The number of ether oxygens (including phenoxy) is 3. The summed E-state index contributed by atoms with van der Waals surface area (Å²) in [6.07, 6.45) is 2.40. The van der Waals surface area contributed by atoms with E-state index in [0.717, 1.165) is 38.3 Å². The number of hydrogen-bond donors (Lipinski definition) is 1. The first-order valence-electron chi connectivity index (χ1n) is 6.93. The van der Waals surface area contributed by atoms with Crippen molar-refractivity contribution in [3.05, 3.63) is 22.7 Å². The van der Waals surface area contributed by atoms with Crippen molar-refractivity contribution in [2.75, 3.05) is 34.0 Å². The number of benzene rings is 1. The molecule has 0 radical (unpaired) electrons. The summed E-state index contributed by atoms with van der Waals surface area (Å²) in [5.74, 6) is 1.86. The van der Waals surface area contributed by atoms with E-state index in [0.29, 0.717) is 22.4 Å². The fraction of sp³-hybridized carbons (Fsp3) is 0.600. The molecule has 1 atom stereocenters. The monoisotopic (exact) mass is 299 g/mol. The van der Waals surface area contributed by atoms with Gasteiger partial charge < -0.3 is 19.5 Å². The zero-order chi connectivity index (χ0) is 14.4. The summed E-state index contributed by atoms with van der Waals surface area (Å²) >= 11 is 6.19. The average molecular weight is 300 g/mol. The molecule has 0 aromatic heterocycles. The van der Waals surface area contributed by atoms with Crippen molar-refractivity contribution in [3.8, 4) is 11.5 Å². The predicted molar refractivity (Wildman–Crippen MR) is 79.8 cm³/mol. The lowest BCUT2D eigenvalue weighted by Crippen LogP contribution is -2.28. The third kappa shape index (κ3) is 4.01. The van der Waals surface area contributed by atoms with E-state index < -0.39 is 0 Å². The Labute approximate surface area is 125 Å². The van der Waals surface area contributed by atoms with Crippen molar-refractivity contribution in [3.63, 3.8) is 0 Å². The smallest absolute Gasteiger partial charge is 0.179 e. The van der Waals surface area contributed by atoms with Crippen molar-refractivity contribution >= 4 is 11.6 Å². The van der Waals surface area contributed by atoms with E-state index >= 15 is 0 Å². The number of nitrogens with one attached hydrogen (secondary N) is 1. The van der Waals surface area contributed by atoms with Gasteiger partial charge in [-0.1, -0.05) is 11.6 Å². The fourth-order valence-corrected chi connectivity index (χ4v) is 2.77. The second-order valence-electron chi connectivity index (χ2n) is 5.03. The van der Waals surface area contributed by atoms with Crippen LogP contribution in [0.1, 0.15) is 18.4 Å². The quantitative estimate of drug-likeness (QED) is 0.877. The minimum atomic E-state index is 0.574. The van der Waals surface area contributed by atoms with Gasteiger partial charge in [0, 0.05) is 19.7 Å². The molecule has 0 spiro atoms. The van der Waals surface area contributed by atoms with Crippen LogP contribution in [0.25, 0.3) is 0 Å². The predicted octanol–water partition coefficient (Wildman–Crippen LogP) is 2.87. The molecule has 1 heterocycles. The molecule has 5 heteroatoms. The topological polar surface area (TPSA) is 39.7 Å². The molecule has 1 aliphatic rings. The number of methoxy groups -OCH3 is 2. The van der Waals surface area contributed by atoms with Gasteiger partial charge >= 0.3 is 0 Å². The summed E-state index contributed by atoms with van der Waals surface area (Å²) in [6.45, 7) is 3.49. The lowest BCUT2D eigenvalue weighted by Gasteiger charge is -2.22. The van der Waals surface area contributed by atoms with E-state index in [-0.39, 0.29) is 0 Å². The van der Waals surface area contributed by atoms with Gasteiger partial charge in [-0.05, 0) is 36.5 Å². The summed E-state index contributed by atoms with van der Waals surface area (Å²) < 4.78 is 16.0. The molecule has 1 fully saturated rings. The van der Waals surface area contributed by atoms with Crippen LogP contribution in [0.4, 0.5) is 0 Å². The molecule has 1 aromatic carbocycles. The maximum absolute atomic E-state index is 6.19. The Balaban J connectivity index is 1.90. The third-order valence-corrected chi connectivity index (χ3v) is 3.79. The Morgan fingerprint density at radius 3 is 2.85 bits per heavy atom. The summed E-state index contributed by atoms with van der Waals surface area (Å²) in [5, 5.41) is 4.03. The van der Waals surface area contributed by atoms with Gasteiger partial charge in [0.1, 0.15) is 0 Å². The first-order valence-corrected chi connectivity index (χ1v) is 7.31. The van der Waals surface area contributed by atoms with E-state index in [1.54, 1.807) is 14.2 Å². The Kier molecular flexibility index (Phi) is 5.95. The van der Waals surface area contributed by atoms with Gasteiger partial charge in [0.2, 0.25) is 0 Å². The summed E-state index contributed by atoms with van der Waals surface area (Å²) in [4.78, 5) is 0. The molecule has 0 saturated carbocycles. The molecule has 0 amide bonds. The number of hydrogen-bond acceptors (Lipinski definition) is 4. The number of halogens is 1. The number of rotatable bonds is 6. The molecule has 2 rings (SSSR count). The maximum Gasteiger partial charge on any atom is 0.179 e. The standard InChI is InChI=1S/C15H22ClNO3/c1-18-14-7-12(6-13(16)15(14)19-2)9-17-8-11-4-3-5-20-10-11/h6-7,11,17H,3-5,8-10H2,1-2H3. The zero-order valence-electron chi connectivity index (χ0n) is 12.1. The van der Waals surface area contributed by atoms with Crippen LogP contribution >= 0.6 is 11.6 Å². The average Bonchev–Trinajstić information content (AvgIpc) is 2.47. The Hall–Kier alpha value is -0.970. The van der Waals surface area contributed by atoms with E-state index in [4.69, 9.17) is 25.8 Å². The van der Waals surface area contributed by atoms with E-state index in [2.05, 4.69) is 5.32 Å². The van der Waals surface area contributed by atoms with Gasteiger partial charge in [-0.25, -0.2) is 0 Å². The summed E-state index contributed by atoms with van der Waals surface area (Å²) in [5.41, 5.74) is 1.09. The van der Waals surface area contributed by atoms with Gasteiger partial charge in [-0.3, -0.25) is 0 Å². The molecule has 1 aromatic rings. The molecule has 1 saturated heterocycles. The normalized spacial score (nSPS) is 18.9. The van der Waals surface area contributed by atoms with Crippen molar-refractivity contribution in [2.45, 2.75) is 19.4 Å². The lowest BCUT2D eigenvalue weighted by atomic mass is 10.0. The van der Waals surface area contributed by atoms with Gasteiger partial charge in [-0.2, -0.15) is 0 Å². The minimum Gasteiger partial charge on any atom is -0.493 e. The minimum absolute atomic E-state index is 0.574. The molecule has 20 heavy (non-hydrogen) atoms. The molecule has 1 aliphatic heterocycles. The molecule has 1 unspecified atom stereocenters. The summed E-state index contributed by atoms with van der Waals surface area (Å²) in [7, 11) is 3.20. The van der Waals surface area contributed by atoms with E-state index in [1.807, 2.05) is 12.1 Å². The molecule has 1 N–H and O–H groups in total. The highest BCUT2D eigenvalue weighted by Crippen LogP contribution is 2.35. The summed E-state index contributed by atoms with van der Waals surface area (Å²) in [6, 6.07) is 3.86. The van der Waals surface area contributed by atoms with Gasteiger partial charge in [-0.15, -0.1) is 0 Å². The largest absolute Gasteiger partial charge is 0.493 e. The van der Waals surface area contributed by atoms with Crippen molar-refractivity contribution in [2.24, 2.45) is 5.92 Å². The molecule has 0 bridgehead atoms. The second kappa shape index (κ2) is 7.72. The molecular weight excluding hydrogens is 278 g/mol. The van der Waals surface area contributed by atoms with Crippen LogP contribution in [0.3, 0.4) is 0 Å². The van der Waals surface area contributed by atoms with Crippen LogP contribution < -0.4 is 14.8 Å². The van der Waals surface area contributed by atoms with Crippen molar-refractivity contribution in [1.29, 1.82) is 0 Å². The van der Waals surface area contributed by atoms with Gasteiger partial charge in [0.25, 0.3) is 0 Å². The highest BCUT2D eigenvalue weighted by molar-refractivity contribution is 6.32. The third-order valence-electron chi connectivity index (χ3n) is 3.51. The van der Waals surface area contributed by atoms with Crippen LogP contribution in [0, 0.1) is 5.92 Å². The van der Waals surface area contributed by atoms with Crippen LogP contribution in [0.15, 0.2) is 12.1 Å². The lowest BCUT2D eigenvalue weighted by molar-refractivity contribution is 0.0547. The van der Waals surface area contributed by atoms with Crippen LogP contribution in [0.2, 0.25) is 5.02 Å². The Bertz CT molecular complexity index is 433. The zero-order valence-corrected chi connectivity index (χ0v) is 12.8. The Morgan fingerprint density at radius 2 is 2.20 bits per heavy atom. The first-order chi connectivity index (χ1) is 9.74. The first kappa shape index (κ1) is 15.4. The van der Waals surface area contributed by atoms with Crippen molar-refractivity contribution < 1.29 is 14.2 Å².